The van der Waals surface area contributed by atoms with E-state index in [9.17, 15) is 0 Å². The molecule has 0 fully saturated rings. The predicted octanol–water partition coefficient (Wildman–Crippen LogP) is 16.5. The number of rotatable bonds is 7. The van der Waals surface area contributed by atoms with Gasteiger partial charge in [0.2, 0.25) is 0 Å². The van der Waals surface area contributed by atoms with Crippen molar-refractivity contribution in [3.8, 4) is 55.6 Å². The Morgan fingerprint density at radius 3 is 1.49 bits per heavy atom. The molecule has 0 N–H and O–H groups in total. The molecule has 0 saturated heterocycles. The van der Waals surface area contributed by atoms with Crippen molar-refractivity contribution in [2.24, 2.45) is 0 Å². The first-order chi connectivity index (χ1) is 29.0. The average Bonchev–Trinajstić information content (AvgIpc) is 3.78. The van der Waals surface area contributed by atoms with E-state index in [1.54, 1.807) is 0 Å². The number of benzene rings is 9. The fraction of sp³-hybridized carbons (Fsp3) is 0.0526. The number of nitrogens with zero attached hydrogens (tertiary/aromatic N) is 1. The summed E-state index contributed by atoms with van der Waals surface area (Å²) >= 11 is 1.86. The molecule has 0 aliphatic heterocycles. The summed E-state index contributed by atoms with van der Waals surface area (Å²) in [4.78, 5) is 2.35. The first-order valence-corrected chi connectivity index (χ1v) is 21.2. The van der Waals surface area contributed by atoms with Gasteiger partial charge in [-0.05, 0) is 140 Å². The molecule has 10 aromatic rings. The van der Waals surface area contributed by atoms with Crippen LogP contribution in [0.5, 0.6) is 0 Å². The third-order valence-electron chi connectivity index (χ3n) is 12.2. The number of hydrogen-bond donors (Lipinski definition) is 0. The highest BCUT2D eigenvalue weighted by molar-refractivity contribution is 7.25. The SMILES string of the molecule is CC1(C)c2ccc(-c3ccc(N(c4ccccc4)c4ccc(-c5ccc6sc7ccccc7c6c5)cc4)cc3)cc2-c2cc(-c3ccccc3)cc(-c3ccccc3)c21. The third-order valence-corrected chi connectivity index (χ3v) is 13.4. The second kappa shape index (κ2) is 14.1. The maximum atomic E-state index is 2.42. The van der Waals surface area contributed by atoms with Crippen LogP contribution in [-0.2, 0) is 5.41 Å². The van der Waals surface area contributed by atoms with E-state index in [0.717, 1.165) is 17.1 Å². The van der Waals surface area contributed by atoms with Crippen LogP contribution >= 0.6 is 11.3 Å². The van der Waals surface area contributed by atoms with Gasteiger partial charge in [0.05, 0.1) is 0 Å². The van der Waals surface area contributed by atoms with Crippen LogP contribution < -0.4 is 4.90 Å². The monoisotopic (exact) mass is 771 g/mol. The molecule has 0 radical (unpaired) electrons. The van der Waals surface area contributed by atoms with E-state index in [0.29, 0.717) is 0 Å². The highest BCUT2D eigenvalue weighted by atomic mass is 32.1. The number of thiophene rings is 1. The van der Waals surface area contributed by atoms with Gasteiger partial charge in [-0.1, -0.05) is 153 Å². The Labute approximate surface area is 350 Å². The third kappa shape index (κ3) is 6.07. The molecule has 11 rings (SSSR count). The lowest BCUT2D eigenvalue weighted by atomic mass is 9.78. The lowest BCUT2D eigenvalue weighted by Gasteiger charge is -2.26. The molecule has 1 heterocycles. The van der Waals surface area contributed by atoms with E-state index in [-0.39, 0.29) is 5.41 Å². The smallest absolute Gasteiger partial charge is 0.0462 e. The predicted molar refractivity (Wildman–Crippen MR) is 253 cm³/mol. The van der Waals surface area contributed by atoms with Crippen molar-refractivity contribution < 1.29 is 0 Å². The van der Waals surface area contributed by atoms with E-state index < -0.39 is 0 Å². The van der Waals surface area contributed by atoms with Gasteiger partial charge >= 0.3 is 0 Å². The summed E-state index contributed by atoms with van der Waals surface area (Å²) in [5.74, 6) is 0. The van der Waals surface area contributed by atoms with Crippen molar-refractivity contribution in [3.63, 3.8) is 0 Å². The fourth-order valence-corrected chi connectivity index (χ4v) is 10.4. The average molecular weight is 772 g/mol. The first-order valence-electron chi connectivity index (χ1n) is 20.4. The Morgan fingerprint density at radius 1 is 0.339 bits per heavy atom. The molecule has 2 heteroatoms. The van der Waals surface area contributed by atoms with Gasteiger partial charge in [-0.3, -0.25) is 0 Å². The molecule has 0 atom stereocenters. The van der Waals surface area contributed by atoms with Crippen LogP contribution in [0.4, 0.5) is 17.1 Å². The summed E-state index contributed by atoms with van der Waals surface area (Å²) in [6.07, 6.45) is 0. The summed E-state index contributed by atoms with van der Waals surface area (Å²) in [5.41, 5.74) is 18.5. The van der Waals surface area contributed by atoms with Crippen LogP contribution in [0.1, 0.15) is 25.0 Å². The molecule has 1 aromatic heterocycles. The summed E-state index contributed by atoms with van der Waals surface area (Å²) < 4.78 is 2.66. The second-order valence-corrected chi connectivity index (χ2v) is 17.2. The molecule has 1 aliphatic rings. The molecule has 1 nitrogen and oxygen atoms in total. The standard InChI is InChI=1S/C57H41NS/c1-57(2)53-32-26-42(34-50(53)52-37-44(38-14-6-3-7-15-38)36-49(56(52)57)41-16-8-4-9-17-41)39-22-28-46(29-23-39)58(45-18-10-5-11-19-45)47-30-24-40(25-31-47)43-27-33-55-51(35-43)48-20-12-13-21-54(48)59-55/h3-37H,1-2H3. The van der Waals surface area contributed by atoms with E-state index in [4.69, 9.17) is 0 Å². The minimum atomic E-state index is -0.149. The van der Waals surface area contributed by atoms with E-state index in [1.165, 1.54) is 86.9 Å². The van der Waals surface area contributed by atoms with Gasteiger partial charge in [-0.15, -0.1) is 11.3 Å². The molecule has 59 heavy (non-hydrogen) atoms. The highest BCUT2D eigenvalue weighted by Gasteiger charge is 2.38. The van der Waals surface area contributed by atoms with Crippen molar-refractivity contribution >= 4 is 48.6 Å². The van der Waals surface area contributed by atoms with E-state index in [2.05, 4.69) is 231 Å². The van der Waals surface area contributed by atoms with Crippen LogP contribution in [0.2, 0.25) is 0 Å². The molecule has 1 aliphatic carbocycles. The Morgan fingerprint density at radius 2 is 0.814 bits per heavy atom. The van der Waals surface area contributed by atoms with E-state index >= 15 is 0 Å². The summed E-state index contributed by atoms with van der Waals surface area (Å²) in [6, 6.07) is 77.9. The summed E-state index contributed by atoms with van der Waals surface area (Å²) in [5, 5.41) is 2.65. The lowest BCUT2D eigenvalue weighted by molar-refractivity contribution is 0.662. The van der Waals surface area contributed by atoms with Crippen molar-refractivity contribution in [2.45, 2.75) is 19.3 Å². The van der Waals surface area contributed by atoms with Gasteiger partial charge in [-0.25, -0.2) is 0 Å². The number of hydrogen-bond acceptors (Lipinski definition) is 2. The molecule has 0 saturated carbocycles. The number of fused-ring (bicyclic) bond motifs is 6. The minimum absolute atomic E-state index is 0.149. The Bertz CT molecular complexity index is 3140. The minimum Gasteiger partial charge on any atom is -0.311 e. The van der Waals surface area contributed by atoms with Gasteiger partial charge in [-0.2, -0.15) is 0 Å². The van der Waals surface area contributed by atoms with Crippen LogP contribution in [0.25, 0.3) is 75.8 Å². The first kappa shape index (κ1) is 35.2. The Hall–Kier alpha value is -7.00. The largest absolute Gasteiger partial charge is 0.311 e. The van der Waals surface area contributed by atoms with Crippen LogP contribution in [-0.4, -0.2) is 0 Å². The van der Waals surface area contributed by atoms with Crippen molar-refractivity contribution in [1.82, 2.24) is 0 Å². The molecular weight excluding hydrogens is 731 g/mol. The second-order valence-electron chi connectivity index (χ2n) is 16.1. The van der Waals surface area contributed by atoms with Crippen LogP contribution in [0, 0.1) is 0 Å². The molecule has 9 aromatic carbocycles. The Balaban J connectivity index is 0.957. The quantitative estimate of drug-likeness (QED) is 0.156. The van der Waals surface area contributed by atoms with Crippen LogP contribution in [0.15, 0.2) is 212 Å². The molecule has 0 spiro atoms. The van der Waals surface area contributed by atoms with Crippen molar-refractivity contribution in [1.29, 1.82) is 0 Å². The number of para-hydroxylation sites is 1. The molecule has 0 amide bonds. The molecule has 280 valence electrons. The van der Waals surface area contributed by atoms with Gasteiger partial charge in [0, 0.05) is 42.6 Å². The van der Waals surface area contributed by atoms with Gasteiger partial charge in [0.1, 0.15) is 0 Å². The highest BCUT2D eigenvalue weighted by Crippen LogP contribution is 2.54. The molecule has 0 bridgehead atoms. The fourth-order valence-electron chi connectivity index (χ4n) is 9.33. The van der Waals surface area contributed by atoms with Crippen molar-refractivity contribution in [2.75, 3.05) is 4.90 Å². The zero-order valence-electron chi connectivity index (χ0n) is 33.1. The summed E-state index contributed by atoms with van der Waals surface area (Å²) in [6.45, 7) is 4.77. The van der Waals surface area contributed by atoms with Gasteiger partial charge in [0.25, 0.3) is 0 Å². The molecular formula is C57H41NS. The summed E-state index contributed by atoms with van der Waals surface area (Å²) in [7, 11) is 0. The topological polar surface area (TPSA) is 3.24 Å². The maximum absolute atomic E-state index is 2.42. The zero-order valence-corrected chi connectivity index (χ0v) is 33.9. The van der Waals surface area contributed by atoms with Crippen molar-refractivity contribution in [3.05, 3.63) is 223 Å². The van der Waals surface area contributed by atoms with Crippen LogP contribution in [0.3, 0.4) is 0 Å². The lowest BCUT2D eigenvalue weighted by Crippen LogP contribution is -2.16. The van der Waals surface area contributed by atoms with Gasteiger partial charge < -0.3 is 4.90 Å². The normalized spacial score (nSPS) is 12.7. The maximum Gasteiger partial charge on any atom is 0.0462 e. The van der Waals surface area contributed by atoms with Gasteiger partial charge in [0.15, 0.2) is 0 Å². The molecule has 0 unspecified atom stereocenters. The van der Waals surface area contributed by atoms with E-state index in [1.807, 2.05) is 11.3 Å². The number of anilines is 3. The zero-order chi connectivity index (χ0) is 39.5. The Kier molecular flexibility index (Phi) is 8.43.